The molecule has 13 heavy (non-hydrogen) atoms. The van der Waals surface area contributed by atoms with Crippen LogP contribution in [0, 0.1) is 0 Å². The molecule has 0 heterocycles. The molecule has 7 nitrogen and oxygen atoms in total. The van der Waals surface area contributed by atoms with Crippen molar-refractivity contribution in [2.24, 2.45) is 0 Å². The van der Waals surface area contributed by atoms with Crippen LogP contribution in [0.3, 0.4) is 0 Å². The summed E-state index contributed by atoms with van der Waals surface area (Å²) in [5.41, 5.74) is 0. The predicted octanol–water partition coefficient (Wildman–Crippen LogP) is -3.25. The normalized spacial score (nSPS) is 10.4. The summed E-state index contributed by atoms with van der Waals surface area (Å²) < 4.78 is 0. The summed E-state index contributed by atoms with van der Waals surface area (Å²) in [4.78, 5) is 0. The molecule has 0 aliphatic carbocycles. The second-order valence-electron chi connectivity index (χ2n) is 2.25. The van der Waals surface area contributed by atoms with Gasteiger partial charge in [-0.3, -0.25) is 0 Å². The van der Waals surface area contributed by atoms with Gasteiger partial charge in [0.15, 0.2) is 25.4 Å². The summed E-state index contributed by atoms with van der Waals surface area (Å²) >= 11 is 0. The molecule has 0 unspecified atom stereocenters. The van der Waals surface area contributed by atoms with Gasteiger partial charge in [0.25, 0.3) is 0 Å². The van der Waals surface area contributed by atoms with Gasteiger partial charge in [-0.15, -0.1) is 0 Å². The van der Waals surface area contributed by atoms with Crippen LogP contribution in [0.5, 0.6) is 0 Å². The van der Waals surface area contributed by atoms with Gasteiger partial charge in [0.2, 0.25) is 0 Å². The SMILES string of the molecule is OB(O)O.OC[P+](CO)(CO)CO. The smallest absolute Gasteiger partial charge is 0.402 e. The van der Waals surface area contributed by atoms with Crippen molar-refractivity contribution in [1.82, 2.24) is 0 Å². The highest BCUT2D eigenvalue weighted by Crippen LogP contribution is 2.54. The maximum atomic E-state index is 8.55. The van der Waals surface area contributed by atoms with E-state index >= 15 is 0 Å². The largest absolute Gasteiger partial charge is 0.631 e. The van der Waals surface area contributed by atoms with Crippen molar-refractivity contribution in [1.29, 1.82) is 0 Å². The van der Waals surface area contributed by atoms with E-state index in [0.29, 0.717) is 0 Å². The molecular weight excluding hydrogens is 202 g/mol. The zero-order valence-corrected chi connectivity index (χ0v) is 7.88. The molecule has 0 radical (unpaired) electrons. The second kappa shape index (κ2) is 8.80. The van der Waals surface area contributed by atoms with Crippen LogP contribution < -0.4 is 0 Å². The number of hydrogen-bond donors (Lipinski definition) is 7. The molecule has 7 N–H and O–H groups in total. The molecule has 0 aromatic carbocycles. The van der Waals surface area contributed by atoms with Gasteiger partial charge in [0.1, 0.15) is 7.26 Å². The third-order valence-corrected chi connectivity index (χ3v) is 3.60. The highest BCUT2D eigenvalue weighted by Gasteiger charge is 2.34. The Morgan fingerprint density at radius 2 is 0.846 bits per heavy atom. The molecule has 0 saturated heterocycles. The molecule has 0 fully saturated rings. The number of aliphatic hydroxyl groups is 4. The van der Waals surface area contributed by atoms with E-state index in [1.165, 1.54) is 0 Å². The van der Waals surface area contributed by atoms with Gasteiger partial charge in [-0.1, -0.05) is 0 Å². The molecule has 80 valence electrons. The third kappa shape index (κ3) is 8.54. The first-order valence-electron chi connectivity index (χ1n) is 3.30. The third-order valence-electron chi connectivity index (χ3n) is 1.20. The Labute approximate surface area is 76.4 Å². The standard InChI is InChI=1S/C4H12O4P.BH3O3/c5-1-9(2-6,3-7)4-8;2-1(3)4/h5-8H,1-4H2;2-4H/q+1;. The van der Waals surface area contributed by atoms with Gasteiger partial charge >= 0.3 is 7.32 Å². The van der Waals surface area contributed by atoms with E-state index in [2.05, 4.69) is 0 Å². The first kappa shape index (κ1) is 15.7. The van der Waals surface area contributed by atoms with Gasteiger partial charge < -0.3 is 35.5 Å². The van der Waals surface area contributed by atoms with Crippen LogP contribution in [0.2, 0.25) is 0 Å². The summed E-state index contributed by atoms with van der Waals surface area (Å²) in [5, 5.41) is 55.7. The van der Waals surface area contributed by atoms with Crippen molar-refractivity contribution in [3.05, 3.63) is 0 Å². The van der Waals surface area contributed by atoms with Crippen molar-refractivity contribution in [3.8, 4) is 0 Å². The van der Waals surface area contributed by atoms with Crippen molar-refractivity contribution in [2.45, 2.75) is 0 Å². The molecule has 0 rings (SSSR count). The van der Waals surface area contributed by atoms with E-state index in [4.69, 9.17) is 35.5 Å². The molecular formula is C4H15BO7P+. The Bertz CT molecular complexity index is 88.4. The van der Waals surface area contributed by atoms with E-state index in [9.17, 15) is 0 Å². The van der Waals surface area contributed by atoms with Crippen molar-refractivity contribution >= 4 is 14.6 Å². The quantitative estimate of drug-likeness (QED) is 0.193. The zero-order valence-electron chi connectivity index (χ0n) is 6.98. The lowest BCUT2D eigenvalue weighted by Crippen LogP contribution is -2.10. The van der Waals surface area contributed by atoms with Gasteiger partial charge in [-0.05, 0) is 0 Å². The fraction of sp³-hybridized carbons (Fsp3) is 1.00. The molecule has 9 heteroatoms. The summed E-state index contributed by atoms with van der Waals surface area (Å²) in [6.45, 7) is 0. The Balaban J connectivity index is 0. The Hall–Kier alpha value is 0.215. The molecule has 0 aromatic heterocycles. The van der Waals surface area contributed by atoms with E-state index in [1.54, 1.807) is 0 Å². The molecule has 0 saturated carbocycles. The highest BCUT2D eigenvalue weighted by molar-refractivity contribution is 7.75. The van der Waals surface area contributed by atoms with E-state index in [0.717, 1.165) is 0 Å². The van der Waals surface area contributed by atoms with Gasteiger partial charge in [0, 0.05) is 0 Å². The second-order valence-corrected chi connectivity index (χ2v) is 6.07. The first-order chi connectivity index (χ1) is 5.97. The Kier molecular flexibility index (Phi) is 10.6. The van der Waals surface area contributed by atoms with Crippen LogP contribution in [-0.2, 0) is 0 Å². The fourth-order valence-corrected chi connectivity index (χ4v) is 0.805. The van der Waals surface area contributed by atoms with E-state index < -0.39 is 14.6 Å². The highest BCUT2D eigenvalue weighted by atomic mass is 31.2. The summed E-state index contributed by atoms with van der Waals surface area (Å²) in [6.07, 6.45) is -1.18. The summed E-state index contributed by atoms with van der Waals surface area (Å²) in [5.74, 6) is 0. The average Bonchev–Trinajstić information content (AvgIpc) is 2.09. The predicted molar refractivity (Wildman–Crippen MR) is 47.7 cm³/mol. The molecule has 0 aliphatic rings. The van der Waals surface area contributed by atoms with Crippen LogP contribution in [-0.4, -0.2) is 68.2 Å². The maximum absolute atomic E-state index is 8.55. The summed E-state index contributed by atoms with van der Waals surface area (Å²) in [6, 6.07) is 0. The molecule has 0 amide bonds. The number of hydrogen-bond acceptors (Lipinski definition) is 7. The van der Waals surface area contributed by atoms with Gasteiger partial charge in [0.05, 0.1) is 0 Å². The first-order valence-corrected chi connectivity index (χ1v) is 5.83. The van der Waals surface area contributed by atoms with Crippen LogP contribution in [0.4, 0.5) is 0 Å². The van der Waals surface area contributed by atoms with Crippen LogP contribution in [0.1, 0.15) is 0 Å². The van der Waals surface area contributed by atoms with E-state index in [1.807, 2.05) is 0 Å². The lowest BCUT2D eigenvalue weighted by molar-refractivity contribution is 0.278. The number of aliphatic hydroxyl groups excluding tert-OH is 4. The molecule has 0 atom stereocenters. The van der Waals surface area contributed by atoms with Crippen molar-refractivity contribution in [2.75, 3.05) is 25.4 Å². The van der Waals surface area contributed by atoms with Crippen LogP contribution in [0.15, 0.2) is 0 Å². The monoisotopic (exact) mass is 217 g/mol. The minimum Gasteiger partial charge on any atom is -0.402 e. The van der Waals surface area contributed by atoms with Crippen molar-refractivity contribution in [3.63, 3.8) is 0 Å². The molecule has 0 bridgehead atoms. The van der Waals surface area contributed by atoms with E-state index in [-0.39, 0.29) is 25.4 Å². The molecule has 0 aliphatic heterocycles. The lowest BCUT2D eigenvalue weighted by atomic mass is 10.3. The molecule has 0 aromatic rings. The lowest BCUT2D eigenvalue weighted by Gasteiger charge is -2.15. The Morgan fingerprint density at radius 1 is 0.692 bits per heavy atom. The topological polar surface area (TPSA) is 142 Å². The summed E-state index contributed by atoms with van der Waals surface area (Å²) in [7, 11) is -4.36. The zero-order chi connectivity index (χ0) is 10.9. The average molecular weight is 217 g/mol. The van der Waals surface area contributed by atoms with Crippen molar-refractivity contribution < 1.29 is 35.5 Å². The fourth-order valence-electron chi connectivity index (χ4n) is 0.268. The van der Waals surface area contributed by atoms with Gasteiger partial charge in [-0.2, -0.15) is 0 Å². The maximum Gasteiger partial charge on any atom is 0.631 e. The van der Waals surface area contributed by atoms with Crippen LogP contribution in [0.25, 0.3) is 0 Å². The minimum atomic E-state index is -2.20. The minimum absolute atomic E-state index is 0.295. The van der Waals surface area contributed by atoms with Crippen LogP contribution >= 0.6 is 7.26 Å². The molecule has 0 spiro atoms. The number of rotatable bonds is 4. The Morgan fingerprint density at radius 3 is 0.846 bits per heavy atom. The van der Waals surface area contributed by atoms with Gasteiger partial charge in [-0.25, -0.2) is 0 Å².